The van der Waals surface area contributed by atoms with Crippen molar-refractivity contribution in [2.75, 3.05) is 6.61 Å². The molecule has 0 aliphatic rings. The van der Waals surface area contributed by atoms with Crippen molar-refractivity contribution < 1.29 is 4.74 Å². The van der Waals surface area contributed by atoms with Gasteiger partial charge in [0.2, 0.25) is 0 Å². The second-order valence-corrected chi connectivity index (χ2v) is 4.01. The van der Waals surface area contributed by atoms with E-state index in [1.807, 2.05) is 30.3 Å². The molecule has 0 spiro atoms. The second-order valence-electron chi connectivity index (χ2n) is 4.01. The van der Waals surface area contributed by atoms with E-state index in [4.69, 9.17) is 4.74 Å². The summed E-state index contributed by atoms with van der Waals surface area (Å²) in [6.07, 6.45) is 2.25. The zero-order chi connectivity index (χ0) is 11.9. The minimum absolute atomic E-state index is 0.775. The summed E-state index contributed by atoms with van der Waals surface area (Å²) in [5.41, 5.74) is 2.39. The van der Waals surface area contributed by atoms with Crippen LogP contribution in [0.5, 0.6) is 5.75 Å². The number of hydrogen-bond acceptors (Lipinski definition) is 1. The summed E-state index contributed by atoms with van der Waals surface area (Å²) in [7, 11) is 0. The van der Waals surface area contributed by atoms with E-state index in [0.29, 0.717) is 0 Å². The van der Waals surface area contributed by atoms with E-state index >= 15 is 0 Å². The van der Waals surface area contributed by atoms with Crippen LogP contribution in [0.2, 0.25) is 0 Å². The minimum atomic E-state index is 0.775. The summed E-state index contributed by atoms with van der Waals surface area (Å²) >= 11 is 0. The summed E-state index contributed by atoms with van der Waals surface area (Å²) in [5.74, 6) is 0.832. The Bertz CT molecular complexity index is 431. The molecule has 0 fully saturated rings. The lowest BCUT2D eigenvalue weighted by Crippen LogP contribution is -1.96. The van der Waals surface area contributed by atoms with Crippen molar-refractivity contribution in [3.8, 4) is 16.9 Å². The molecule has 0 aliphatic heterocycles. The molecule has 0 saturated carbocycles. The zero-order valence-electron chi connectivity index (χ0n) is 10.1. The molecule has 1 radical (unpaired) electrons. The third-order valence-corrected chi connectivity index (χ3v) is 2.65. The minimum Gasteiger partial charge on any atom is -0.493 e. The topological polar surface area (TPSA) is 9.23 Å². The monoisotopic (exact) mass is 225 g/mol. The number of ether oxygens (including phenoxy) is 1. The highest BCUT2D eigenvalue weighted by Gasteiger charge is 1.98. The van der Waals surface area contributed by atoms with Crippen molar-refractivity contribution in [3.05, 3.63) is 54.6 Å². The fraction of sp³-hybridized carbons (Fsp3) is 0.250. The molecule has 0 unspecified atom stereocenters. The first kappa shape index (κ1) is 11.7. The van der Waals surface area contributed by atoms with Gasteiger partial charge in [-0.15, -0.1) is 0 Å². The van der Waals surface area contributed by atoms with Crippen molar-refractivity contribution in [3.63, 3.8) is 0 Å². The fourth-order valence-corrected chi connectivity index (χ4v) is 1.64. The van der Waals surface area contributed by atoms with E-state index in [0.717, 1.165) is 25.2 Å². The standard InChI is InChI=1S/C16H17O/c1-2-3-13-17-16-11-9-15(10-12-16)14-7-5-4-6-8-14/h4-11H,2-3,13H2,1H3. The highest BCUT2D eigenvalue weighted by molar-refractivity contribution is 5.63. The van der Waals surface area contributed by atoms with Crippen LogP contribution in [0.25, 0.3) is 11.1 Å². The zero-order valence-corrected chi connectivity index (χ0v) is 10.1. The highest BCUT2D eigenvalue weighted by atomic mass is 16.5. The predicted octanol–water partition coefficient (Wildman–Crippen LogP) is 4.33. The molecule has 0 N–H and O–H groups in total. The van der Waals surface area contributed by atoms with Crippen LogP contribution in [0.3, 0.4) is 0 Å². The van der Waals surface area contributed by atoms with E-state index in [9.17, 15) is 0 Å². The molecule has 0 aromatic heterocycles. The molecule has 17 heavy (non-hydrogen) atoms. The molecule has 87 valence electrons. The third-order valence-electron chi connectivity index (χ3n) is 2.65. The summed E-state index contributed by atoms with van der Waals surface area (Å²) < 4.78 is 5.58. The van der Waals surface area contributed by atoms with Crippen molar-refractivity contribution in [2.45, 2.75) is 19.8 Å². The van der Waals surface area contributed by atoms with Crippen LogP contribution in [0, 0.1) is 6.07 Å². The van der Waals surface area contributed by atoms with Gasteiger partial charge < -0.3 is 4.74 Å². The lowest BCUT2D eigenvalue weighted by Gasteiger charge is -2.06. The van der Waals surface area contributed by atoms with Gasteiger partial charge in [-0.1, -0.05) is 49.7 Å². The summed E-state index contributed by atoms with van der Waals surface area (Å²) in [6.45, 7) is 2.93. The first-order chi connectivity index (χ1) is 8.40. The SMILES string of the molecule is CCCCOc1[c]cc(-c2ccccc2)cc1. The maximum Gasteiger partial charge on any atom is 0.127 e. The highest BCUT2D eigenvalue weighted by Crippen LogP contribution is 2.21. The van der Waals surface area contributed by atoms with Gasteiger partial charge in [0, 0.05) is 6.07 Å². The van der Waals surface area contributed by atoms with Crippen LogP contribution >= 0.6 is 0 Å². The normalized spacial score (nSPS) is 10.2. The van der Waals surface area contributed by atoms with Gasteiger partial charge >= 0.3 is 0 Å². The number of benzene rings is 2. The summed E-state index contributed by atoms with van der Waals surface area (Å²) in [5, 5.41) is 0. The molecule has 0 saturated heterocycles. The van der Waals surface area contributed by atoms with Crippen molar-refractivity contribution in [1.82, 2.24) is 0 Å². The van der Waals surface area contributed by atoms with Crippen LogP contribution in [0.15, 0.2) is 48.5 Å². The molecule has 1 heteroatoms. The summed E-state index contributed by atoms with van der Waals surface area (Å²) in [6, 6.07) is 19.5. The lowest BCUT2D eigenvalue weighted by molar-refractivity contribution is 0.309. The van der Waals surface area contributed by atoms with E-state index in [1.165, 1.54) is 11.1 Å². The van der Waals surface area contributed by atoms with Gasteiger partial charge in [-0.2, -0.15) is 0 Å². The summed E-state index contributed by atoms with van der Waals surface area (Å²) in [4.78, 5) is 0. The second kappa shape index (κ2) is 6.09. The number of rotatable bonds is 5. The maximum absolute atomic E-state index is 5.58. The van der Waals surface area contributed by atoms with Gasteiger partial charge in [0.1, 0.15) is 5.75 Å². The van der Waals surface area contributed by atoms with Gasteiger partial charge in [-0.25, -0.2) is 0 Å². The fourth-order valence-electron chi connectivity index (χ4n) is 1.64. The van der Waals surface area contributed by atoms with Crippen LogP contribution in [-0.4, -0.2) is 6.61 Å². The molecule has 0 atom stereocenters. The Morgan fingerprint density at radius 3 is 2.47 bits per heavy atom. The van der Waals surface area contributed by atoms with Crippen LogP contribution in [-0.2, 0) is 0 Å². The van der Waals surface area contributed by atoms with Gasteiger partial charge in [0.25, 0.3) is 0 Å². The van der Waals surface area contributed by atoms with Crippen LogP contribution in [0.1, 0.15) is 19.8 Å². The first-order valence-corrected chi connectivity index (χ1v) is 6.10. The molecular weight excluding hydrogens is 208 g/mol. The lowest BCUT2D eigenvalue weighted by atomic mass is 10.1. The van der Waals surface area contributed by atoms with Crippen LogP contribution < -0.4 is 4.74 Å². The van der Waals surface area contributed by atoms with Gasteiger partial charge in [-0.3, -0.25) is 0 Å². The molecule has 1 nitrogen and oxygen atoms in total. The molecular formula is C16H17O. The molecule has 2 aromatic rings. The number of unbranched alkanes of at least 4 members (excludes halogenated alkanes) is 1. The average Bonchev–Trinajstić information content (AvgIpc) is 2.41. The van der Waals surface area contributed by atoms with Crippen molar-refractivity contribution >= 4 is 0 Å². The maximum atomic E-state index is 5.58. The Balaban J connectivity index is 2.03. The van der Waals surface area contributed by atoms with E-state index in [-0.39, 0.29) is 0 Å². The Morgan fingerprint density at radius 2 is 1.82 bits per heavy atom. The average molecular weight is 225 g/mol. The first-order valence-electron chi connectivity index (χ1n) is 6.10. The van der Waals surface area contributed by atoms with Crippen molar-refractivity contribution in [1.29, 1.82) is 0 Å². The van der Waals surface area contributed by atoms with E-state index in [1.54, 1.807) is 0 Å². The Kier molecular flexibility index (Phi) is 4.20. The molecule has 2 aromatic carbocycles. The van der Waals surface area contributed by atoms with E-state index in [2.05, 4.69) is 31.2 Å². The predicted molar refractivity (Wildman–Crippen MR) is 71.1 cm³/mol. The van der Waals surface area contributed by atoms with Crippen molar-refractivity contribution in [2.24, 2.45) is 0 Å². The molecule has 0 bridgehead atoms. The van der Waals surface area contributed by atoms with Crippen LogP contribution in [0.4, 0.5) is 0 Å². The van der Waals surface area contributed by atoms with E-state index < -0.39 is 0 Å². The van der Waals surface area contributed by atoms with Gasteiger partial charge in [0.15, 0.2) is 0 Å². The Hall–Kier alpha value is -1.76. The molecule has 2 rings (SSSR count). The smallest absolute Gasteiger partial charge is 0.127 e. The Labute approximate surface area is 103 Å². The largest absolute Gasteiger partial charge is 0.493 e. The number of hydrogen-bond donors (Lipinski definition) is 0. The molecule has 0 amide bonds. The molecule has 0 heterocycles. The Morgan fingerprint density at radius 1 is 1.00 bits per heavy atom. The van der Waals surface area contributed by atoms with Gasteiger partial charge in [0.05, 0.1) is 6.61 Å². The third kappa shape index (κ3) is 3.35. The van der Waals surface area contributed by atoms with Gasteiger partial charge in [-0.05, 0) is 29.7 Å². The quantitative estimate of drug-likeness (QED) is 0.688. The molecule has 0 aliphatic carbocycles.